The summed E-state index contributed by atoms with van der Waals surface area (Å²) in [5.74, 6) is -0.491. The lowest BCUT2D eigenvalue weighted by atomic mass is 10.1. The molecule has 3 amide bonds. The summed E-state index contributed by atoms with van der Waals surface area (Å²) in [5, 5.41) is 0.554. The quantitative estimate of drug-likeness (QED) is 0.755. The average molecular weight is 408 g/mol. The molecule has 2 fully saturated rings. The maximum Gasteiger partial charge on any atom is 0.410 e. The number of piperazine rings is 1. The van der Waals surface area contributed by atoms with E-state index in [1.807, 2.05) is 26.8 Å². The molecule has 2 saturated heterocycles. The van der Waals surface area contributed by atoms with Gasteiger partial charge in [0.2, 0.25) is 11.8 Å². The zero-order valence-electron chi connectivity index (χ0n) is 16.5. The summed E-state index contributed by atoms with van der Waals surface area (Å²) in [6.45, 7) is 7.58. The van der Waals surface area contributed by atoms with Gasteiger partial charge in [-0.25, -0.2) is 4.79 Å². The molecule has 1 aromatic carbocycles. The lowest BCUT2D eigenvalue weighted by molar-refractivity contribution is -0.137. The maximum atomic E-state index is 12.9. The van der Waals surface area contributed by atoms with E-state index in [4.69, 9.17) is 16.3 Å². The predicted octanol–water partition coefficient (Wildman–Crippen LogP) is 2.77. The standard InChI is InChI=1S/C20H26ClN3O4/c1-20(2,3)28-19(27)23-9-7-22(8-10-23)18(26)14-11-17(25)24(13-14)16-6-4-5-15(21)12-16/h4-6,12,14H,7-11,13H2,1-3H3/t14-/m1/s1. The van der Waals surface area contributed by atoms with E-state index in [0.29, 0.717) is 43.4 Å². The van der Waals surface area contributed by atoms with Gasteiger partial charge < -0.3 is 19.4 Å². The number of carbonyl (C=O) groups excluding carboxylic acids is 3. The summed E-state index contributed by atoms with van der Waals surface area (Å²) >= 11 is 6.02. The number of carbonyl (C=O) groups is 3. The molecule has 3 rings (SSSR count). The Kier molecular flexibility index (Phi) is 5.84. The molecule has 28 heavy (non-hydrogen) atoms. The molecule has 0 radical (unpaired) electrons. The Morgan fingerprint density at radius 1 is 1.11 bits per heavy atom. The van der Waals surface area contributed by atoms with Crippen LogP contribution in [0.1, 0.15) is 27.2 Å². The van der Waals surface area contributed by atoms with E-state index in [2.05, 4.69) is 0 Å². The zero-order valence-corrected chi connectivity index (χ0v) is 17.2. The summed E-state index contributed by atoms with van der Waals surface area (Å²) in [7, 11) is 0. The van der Waals surface area contributed by atoms with Crippen LogP contribution in [-0.2, 0) is 14.3 Å². The van der Waals surface area contributed by atoms with Gasteiger partial charge in [-0.2, -0.15) is 0 Å². The van der Waals surface area contributed by atoms with E-state index in [1.165, 1.54) is 0 Å². The normalized spacial score (nSPS) is 20.5. The molecule has 1 aromatic rings. The van der Waals surface area contributed by atoms with Crippen molar-refractivity contribution in [2.75, 3.05) is 37.6 Å². The summed E-state index contributed by atoms with van der Waals surface area (Å²) in [4.78, 5) is 42.4. The van der Waals surface area contributed by atoms with Crippen LogP contribution in [0, 0.1) is 5.92 Å². The van der Waals surface area contributed by atoms with Crippen LogP contribution in [0.5, 0.6) is 0 Å². The van der Waals surface area contributed by atoms with Gasteiger partial charge in [0.05, 0.1) is 5.92 Å². The minimum absolute atomic E-state index is 0.0401. The first kappa shape index (κ1) is 20.5. The van der Waals surface area contributed by atoms with Crippen LogP contribution in [0.4, 0.5) is 10.5 Å². The summed E-state index contributed by atoms with van der Waals surface area (Å²) in [6, 6.07) is 7.08. The Morgan fingerprint density at radius 3 is 2.36 bits per heavy atom. The van der Waals surface area contributed by atoms with Gasteiger partial charge in [-0.15, -0.1) is 0 Å². The van der Waals surface area contributed by atoms with Gasteiger partial charge in [0.1, 0.15) is 5.60 Å². The Hall–Kier alpha value is -2.28. The highest BCUT2D eigenvalue weighted by molar-refractivity contribution is 6.31. The Labute approximate surface area is 170 Å². The Morgan fingerprint density at radius 2 is 1.75 bits per heavy atom. The second-order valence-corrected chi connectivity index (χ2v) is 8.61. The molecule has 2 aliphatic heterocycles. The molecule has 1 atom stereocenters. The van der Waals surface area contributed by atoms with Crippen LogP contribution in [-0.4, -0.2) is 66.0 Å². The second-order valence-electron chi connectivity index (χ2n) is 8.18. The van der Waals surface area contributed by atoms with Crippen molar-refractivity contribution in [3.05, 3.63) is 29.3 Å². The lowest BCUT2D eigenvalue weighted by Crippen LogP contribution is -2.53. The van der Waals surface area contributed by atoms with Gasteiger partial charge in [0.25, 0.3) is 0 Å². The smallest absolute Gasteiger partial charge is 0.410 e. The highest BCUT2D eigenvalue weighted by atomic mass is 35.5. The number of amides is 3. The van der Waals surface area contributed by atoms with Crippen LogP contribution < -0.4 is 4.90 Å². The van der Waals surface area contributed by atoms with Crippen molar-refractivity contribution >= 4 is 35.2 Å². The number of hydrogen-bond donors (Lipinski definition) is 0. The van der Waals surface area contributed by atoms with E-state index >= 15 is 0 Å². The molecular weight excluding hydrogens is 382 g/mol. The van der Waals surface area contributed by atoms with Gasteiger partial charge in [-0.3, -0.25) is 9.59 Å². The number of rotatable bonds is 2. The minimum Gasteiger partial charge on any atom is -0.444 e. The van der Waals surface area contributed by atoms with Crippen molar-refractivity contribution in [1.82, 2.24) is 9.80 Å². The van der Waals surface area contributed by atoms with Gasteiger partial charge >= 0.3 is 6.09 Å². The third kappa shape index (κ3) is 4.76. The van der Waals surface area contributed by atoms with Crippen molar-refractivity contribution in [2.45, 2.75) is 32.8 Å². The molecule has 8 heteroatoms. The fourth-order valence-electron chi connectivity index (χ4n) is 3.46. The molecule has 0 bridgehead atoms. The number of benzene rings is 1. The molecule has 0 saturated carbocycles. The van der Waals surface area contributed by atoms with Crippen LogP contribution in [0.2, 0.25) is 5.02 Å². The van der Waals surface area contributed by atoms with E-state index in [9.17, 15) is 14.4 Å². The average Bonchev–Trinajstić information content (AvgIpc) is 3.01. The van der Waals surface area contributed by atoms with Crippen molar-refractivity contribution in [1.29, 1.82) is 0 Å². The van der Waals surface area contributed by atoms with Gasteiger partial charge in [0, 0.05) is 49.9 Å². The fourth-order valence-corrected chi connectivity index (χ4v) is 3.65. The van der Waals surface area contributed by atoms with E-state index in [1.54, 1.807) is 32.9 Å². The summed E-state index contributed by atoms with van der Waals surface area (Å²) in [5.41, 5.74) is 0.167. The number of halogens is 1. The molecule has 0 spiro atoms. The van der Waals surface area contributed by atoms with E-state index in [-0.39, 0.29) is 30.2 Å². The first-order valence-electron chi connectivity index (χ1n) is 9.47. The molecule has 0 unspecified atom stereocenters. The highest BCUT2D eigenvalue weighted by Gasteiger charge is 2.38. The largest absolute Gasteiger partial charge is 0.444 e. The topological polar surface area (TPSA) is 70.2 Å². The second kappa shape index (κ2) is 7.99. The van der Waals surface area contributed by atoms with Crippen molar-refractivity contribution < 1.29 is 19.1 Å². The fraction of sp³-hybridized carbons (Fsp3) is 0.550. The molecule has 152 valence electrons. The van der Waals surface area contributed by atoms with Gasteiger partial charge in [0.15, 0.2) is 0 Å². The number of anilines is 1. The highest BCUT2D eigenvalue weighted by Crippen LogP contribution is 2.28. The predicted molar refractivity (Wildman–Crippen MR) is 106 cm³/mol. The van der Waals surface area contributed by atoms with Crippen molar-refractivity contribution in [3.8, 4) is 0 Å². The number of ether oxygens (including phenoxy) is 1. The van der Waals surface area contributed by atoms with Gasteiger partial charge in [-0.05, 0) is 39.0 Å². The van der Waals surface area contributed by atoms with Crippen LogP contribution in [0.15, 0.2) is 24.3 Å². The monoisotopic (exact) mass is 407 g/mol. The summed E-state index contributed by atoms with van der Waals surface area (Å²) in [6.07, 6.45) is -0.166. The number of nitrogens with zero attached hydrogens (tertiary/aromatic N) is 3. The maximum absolute atomic E-state index is 12.9. The number of hydrogen-bond acceptors (Lipinski definition) is 4. The van der Waals surface area contributed by atoms with Crippen molar-refractivity contribution in [3.63, 3.8) is 0 Å². The van der Waals surface area contributed by atoms with Crippen LogP contribution >= 0.6 is 11.6 Å². The first-order chi connectivity index (χ1) is 13.1. The summed E-state index contributed by atoms with van der Waals surface area (Å²) < 4.78 is 5.38. The lowest BCUT2D eigenvalue weighted by Gasteiger charge is -2.36. The van der Waals surface area contributed by atoms with E-state index in [0.717, 1.165) is 0 Å². The van der Waals surface area contributed by atoms with Gasteiger partial charge in [-0.1, -0.05) is 17.7 Å². The molecule has 0 N–H and O–H groups in total. The molecule has 0 aliphatic carbocycles. The SMILES string of the molecule is CC(C)(C)OC(=O)N1CCN(C(=O)[C@@H]2CC(=O)N(c3cccc(Cl)c3)C2)CC1. The molecule has 2 heterocycles. The third-order valence-electron chi connectivity index (χ3n) is 4.84. The van der Waals surface area contributed by atoms with Crippen LogP contribution in [0.3, 0.4) is 0 Å². The third-order valence-corrected chi connectivity index (χ3v) is 5.07. The molecule has 7 nitrogen and oxygen atoms in total. The van der Waals surface area contributed by atoms with Crippen molar-refractivity contribution in [2.24, 2.45) is 5.92 Å². The molecular formula is C20H26ClN3O4. The van der Waals surface area contributed by atoms with Crippen LogP contribution in [0.25, 0.3) is 0 Å². The minimum atomic E-state index is -0.544. The molecule has 2 aliphatic rings. The zero-order chi connectivity index (χ0) is 20.5. The van der Waals surface area contributed by atoms with E-state index < -0.39 is 5.60 Å². The Balaban J connectivity index is 1.56. The Bertz CT molecular complexity index is 769. The molecule has 0 aromatic heterocycles. The first-order valence-corrected chi connectivity index (χ1v) is 9.84.